The molecule has 6 nitrogen and oxygen atoms in total. The number of nitrogens with zero attached hydrogens (tertiary/aromatic N) is 2. The van der Waals surface area contributed by atoms with Crippen molar-refractivity contribution in [3.63, 3.8) is 0 Å². The fourth-order valence-corrected chi connectivity index (χ4v) is 5.15. The van der Waals surface area contributed by atoms with E-state index in [0.29, 0.717) is 24.3 Å². The number of benzene rings is 4. The van der Waals surface area contributed by atoms with Gasteiger partial charge in [0.1, 0.15) is 0 Å². The van der Waals surface area contributed by atoms with Crippen LogP contribution in [0.3, 0.4) is 0 Å². The molecule has 6 aromatic rings. The molecule has 2 heterocycles. The molecule has 0 saturated carbocycles. The van der Waals surface area contributed by atoms with E-state index < -0.39 is 40.7 Å². The molecule has 0 spiro atoms. The van der Waals surface area contributed by atoms with Gasteiger partial charge in [-0.15, -0.1) is 0 Å². The molecule has 0 bridgehead atoms. The number of rotatable bonds is 4. The molecule has 216 valence electrons. The number of halogens is 6. The Hall–Kier alpha value is -5.26. The molecule has 0 fully saturated rings. The minimum absolute atomic E-state index is 0.108. The molecule has 6 rings (SSSR count). The molecule has 0 aliphatic rings. The second kappa shape index (κ2) is 9.93. The van der Waals surface area contributed by atoms with Gasteiger partial charge in [0.15, 0.2) is 0 Å². The fourth-order valence-electron chi connectivity index (χ4n) is 5.15. The van der Waals surface area contributed by atoms with Crippen LogP contribution in [0.5, 0.6) is 0 Å². The van der Waals surface area contributed by atoms with Crippen LogP contribution in [-0.4, -0.2) is 24.2 Å². The van der Waals surface area contributed by atoms with Gasteiger partial charge in [-0.1, -0.05) is 57.7 Å². The van der Waals surface area contributed by atoms with E-state index in [1.807, 2.05) is 0 Å². The van der Waals surface area contributed by atoms with Crippen LogP contribution in [0.1, 0.15) is 31.8 Å². The van der Waals surface area contributed by atoms with Crippen LogP contribution in [0.2, 0.25) is 0 Å². The van der Waals surface area contributed by atoms with Crippen molar-refractivity contribution in [3.05, 3.63) is 132 Å². The van der Waals surface area contributed by atoms with Crippen LogP contribution >= 0.6 is 0 Å². The highest BCUT2D eigenvalue weighted by atomic mass is 19.4. The standard InChI is InChI=1S/C31H18F6N2O4/c32-30(33,34)29(31(35,36)37,21-11-13-25-23(15-21)38(17-42-25)27(40)19-7-3-1-4-8-19)22-12-14-26-24(16-22)39(18-43-26)28(41)20-9-5-2-6-10-20/h1-18H/q+2. The molecule has 0 atom stereocenters. The second-order valence-corrected chi connectivity index (χ2v) is 9.64. The van der Waals surface area contributed by atoms with Gasteiger partial charge < -0.3 is 8.83 Å². The van der Waals surface area contributed by atoms with Gasteiger partial charge in [0.2, 0.25) is 16.6 Å². The summed E-state index contributed by atoms with van der Waals surface area (Å²) in [5, 5.41) is 0. The maximum atomic E-state index is 15.0. The summed E-state index contributed by atoms with van der Waals surface area (Å²) < 4.78 is 102. The second-order valence-electron chi connectivity index (χ2n) is 9.64. The Balaban J connectivity index is 1.59. The minimum atomic E-state index is -5.93. The maximum absolute atomic E-state index is 15.0. The molecule has 0 aliphatic heterocycles. The summed E-state index contributed by atoms with van der Waals surface area (Å²) >= 11 is 0. The minimum Gasteiger partial charge on any atom is -0.403 e. The topological polar surface area (TPSA) is 68.2 Å². The average molecular weight is 596 g/mol. The Kier molecular flexibility index (Phi) is 6.44. The normalized spacial score (nSPS) is 12.6. The molecule has 4 aromatic carbocycles. The SMILES string of the molecule is O=C(c1ccccc1)[n+]1coc2ccc(C(c3ccc4oc[n+](C(=O)c5ccccc5)c4c3)(C(F)(F)F)C(F)(F)F)cc21. The third-order valence-corrected chi connectivity index (χ3v) is 7.20. The number of carbonyl (C=O) groups is 2. The van der Waals surface area contributed by atoms with Crippen molar-refractivity contribution in [2.24, 2.45) is 0 Å². The zero-order valence-corrected chi connectivity index (χ0v) is 21.7. The largest absolute Gasteiger partial charge is 0.427 e. The Morgan fingerprint density at radius 1 is 0.535 bits per heavy atom. The molecule has 0 radical (unpaired) electrons. The highest BCUT2D eigenvalue weighted by Gasteiger charge is 2.73. The third kappa shape index (κ3) is 4.37. The van der Waals surface area contributed by atoms with E-state index in [2.05, 4.69) is 0 Å². The summed E-state index contributed by atoms with van der Waals surface area (Å²) in [5.41, 5.74) is -7.54. The van der Waals surface area contributed by atoms with Gasteiger partial charge in [-0.3, -0.25) is 0 Å². The molecule has 2 aromatic heterocycles. The van der Waals surface area contributed by atoms with Crippen molar-refractivity contribution >= 4 is 34.0 Å². The smallest absolute Gasteiger partial charge is 0.403 e. The highest BCUT2D eigenvalue weighted by molar-refractivity contribution is 5.90. The molecular weight excluding hydrogens is 578 g/mol. The zero-order chi connectivity index (χ0) is 30.6. The lowest BCUT2D eigenvalue weighted by Crippen LogP contribution is -2.55. The Morgan fingerprint density at radius 3 is 1.26 bits per heavy atom. The Bertz CT molecular complexity index is 1850. The summed E-state index contributed by atoms with van der Waals surface area (Å²) in [6.45, 7) is 0. The van der Waals surface area contributed by atoms with Gasteiger partial charge in [0.25, 0.3) is 11.0 Å². The van der Waals surface area contributed by atoms with E-state index >= 15 is 26.3 Å². The van der Waals surface area contributed by atoms with E-state index in [0.717, 1.165) is 34.1 Å². The van der Waals surface area contributed by atoms with Crippen molar-refractivity contribution < 1.29 is 53.9 Å². The zero-order valence-electron chi connectivity index (χ0n) is 21.7. The monoisotopic (exact) mass is 596 g/mol. The number of hydrogen-bond donors (Lipinski definition) is 0. The number of fused-ring (bicyclic) bond motifs is 2. The third-order valence-electron chi connectivity index (χ3n) is 7.20. The molecule has 12 heteroatoms. The van der Waals surface area contributed by atoms with E-state index in [9.17, 15) is 9.59 Å². The summed E-state index contributed by atoms with van der Waals surface area (Å²) in [6.07, 6.45) is -10.0. The number of carbonyl (C=O) groups excluding carboxylic acids is 2. The summed E-state index contributed by atoms with van der Waals surface area (Å²) in [6, 6.07) is 19.8. The van der Waals surface area contributed by atoms with E-state index in [4.69, 9.17) is 8.83 Å². The summed E-state index contributed by atoms with van der Waals surface area (Å²) in [5.74, 6) is -1.44. The molecule has 0 aliphatic carbocycles. The van der Waals surface area contributed by atoms with E-state index in [1.54, 1.807) is 36.4 Å². The molecule has 0 saturated heterocycles. The molecule has 0 N–H and O–H groups in total. The summed E-state index contributed by atoms with van der Waals surface area (Å²) in [4.78, 5) is 26.2. The van der Waals surface area contributed by atoms with Gasteiger partial charge in [-0.2, -0.15) is 26.3 Å². The number of aromatic nitrogens is 2. The van der Waals surface area contributed by atoms with Gasteiger partial charge in [0, 0.05) is 12.1 Å². The summed E-state index contributed by atoms with van der Waals surface area (Å²) in [7, 11) is 0. The molecule has 0 amide bonds. The van der Waals surface area contributed by atoms with Crippen LogP contribution in [0.4, 0.5) is 26.3 Å². The van der Waals surface area contributed by atoms with Crippen molar-refractivity contribution in [1.29, 1.82) is 0 Å². The van der Waals surface area contributed by atoms with E-state index in [1.165, 1.54) is 24.3 Å². The van der Waals surface area contributed by atoms with Gasteiger partial charge in [0.05, 0.1) is 11.1 Å². The lowest BCUT2D eigenvalue weighted by molar-refractivity contribution is -0.548. The number of hydrogen-bond acceptors (Lipinski definition) is 4. The van der Waals surface area contributed by atoms with Gasteiger partial charge in [-0.05, 0) is 47.5 Å². The quantitative estimate of drug-likeness (QED) is 0.171. The number of alkyl halides is 6. The first-order chi connectivity index (χ1) is 20.4. The molecular formula is C31H18F6N2O4+2. The predicted molar refractivity (Wildman–Crippen MR) is 138 cm³/mol. The van der Waals surface area contributed by atoms with Crippen molar-refractivity contribution in [2.75, 3.05) is 0 Å². The van der Waals surface area contributed by atoms with Crippen LogP contribution < -0.4 is 9.13 Å². The van der Waals surface area contributed by atoms with Crippen LogP contribution in [0, 0.1) is 0 Å². The fraction of sp³-hybridized carbons (Fsp3) is 0.0968. The van der Waals surface area contributed by atoms with Gasteiger partial charge in [-0.25, -0.2) is 9.59 Å². The van der Waals surface area contributed by atoms with Gasteiger partial charge >= 0.3 is 37.0 Å². The molecule has 43 heavy (non-hydrogen) atoms. The van der Waals surface area contributed by atoms with Crippen molar-refractivity contribution in [1.82, 2.24) is 0 Å². The first kappa shape index (κ1) is 27.9. The maximum Gasteiger partial charge on any atom is 0.427 e. The lowest BCUT2D eigenvalue weighted by atomic mass is 9.72. The Labute approximate surface area is 238 Å². The lowest BCUT2D eigenvalue weighted by Gasteiger charge is -2.37. The average Bonchev–Trinajstić information content (AvgIpc) is 3.60. The molecule has 0 unspecified atom stereocenters. The van der Waals surface area contributed by atoms with E-state index in [-0.39, 0.29) is 33.3 Å². The predicted octanol–water partition coefficient (Wildman–Crippen LogP) is 6.54. The highest BCUT2D eigenvalue weighted by Crippen LogP contribution is 2.56. The van der Waals surface area contributed by atoms with Crippen LogP contribution in [0.15, 0.2) is 119 Å². The van der Waals surface area contributed by atoms with Crippen molar-refractivity contribution in [2.45, 2.75) is 17.8 Å². The van der Waals surface area contributed by atoms with Crippen LogP contribution in [0.25, 0.3) is 22.2 Å². The van der Waals surface area contributed by atoms with Crippen LogP contribution in [-0.2, 0) is 5.41 Å². The first-order valence-corrected chi connectivity index (χ1v) is 12.6. The van der Waals surface area contributed by atoms with Crippen molar-refractivity contribution in [3.8, 4) is 0 Å². The Morgan fingerprint density at radius 2 is 0.907 bits per heavy atom. The number of oxazole rings is 2. The first-order valence-electron chi connectivity index (χ1n) is 12.6.